The van der Waals surface area contributed by atoms with Crippen molar-refractivity contribution in [2.45, 2.75) is 51.2 Å². The van der Waals surface area contributed by atoms with Crippen molar-refractivity contribution in [3.63, 3.8) is 0 Å². The molecule has 31 heavy (non-hydrogen) atoms. The maximum atomic E-state index is 14.3. The van der Waals surface area contributed by atoms with Crippen LogP contribution in [0.5, 0.6) is 5.75 Å². The zero-order valence-electron chi connectivity index (χ0n) is 16.5. The molecule has 0 bridgehead atoms. The predicted octanol–water partition coefficient (Wildman–Crippen LogP) is 5.38. The van der Waals surface area contributed by atoms with Crippen molar-refractivity contribution in [3.05, 3.63) is 63.1 Å². The van der Waals surface area contributed by atoms with Gasteiger partial charge in [-0.2, -0.15) is 26.3 Å². The number of nitrogens with one attached hydrogen (secondary N) is 1. The van der Waals surface area contributed by atoms with E-state index in [0.717, 1.165) is 26.0 Å². The Hall–Kier alpha value is -2.56. The molecule has 1 aromatic heterocycles. The molecule has 1 aromatic carbocycles. The first-order valence-electron chi connectivity index (χ1n) is 9.14. The number of benzene rings is 1. The van der Waals surface area contributed by atoms with Crippen LogP contribution >= 0.6 is 0 Å². The van der Waals surface area contributed by atoms with Crippen molar-refractivity contribution in [1.82, 2.24) is 4.98 Å². The van der Waals surface area contributed by atoms with Crippen LogP contribution in [0.25, 0.3) is 0 Å². The number of alkyl halides is 5. The molecule has 0 spiro atoms. The molecular weight excluding hydrogens is 435 g/mol. The lowest BCUT2D eigenvalue weighted by Gasteiger charge is -2.32. The number of aromatic amines is 1. The molecule has 0 aliphatic carbocycles. The van der Waals surface area contributed by atoms with Gasteiger partial charge in [0, 0.05) is 40.9 Å². The Morgan fingerprint density at radius 1 is 1.19 bits per heavy atom. The van der Waals surface area contributed by atoms with Gasteiger partial charge in [0.2, 0.25) is 5.82 Å². The number of hydrogen-bond acceptors (Lipinski definition) is 3. The monoisotopic (exact) mass is 453 g/mol. The normalized spacial score (nSPS) is 26.5. The summed E-state index contributed by atoms with van der Waals surface area (Å²) in [6.45, 7) is -0.144. The molecule has 1 N–H and O–H groups in total. The van der Waals surface area contributed by atoms with Gasteiger partial charge in [0.1, 0.15) is 6.10 Å². The fourth-order valence-electron chi connectivity index (χ4n) is 3.94. The summed E-state index contributed by atoms with van der Waals surface area (Å²) < 4.78 is 105. The van der Waals surface area contributed by atoms with Crippen LogP contribution in [0.4, 0.5) is 30.7 Å². The second-order valence-corrected chi connectivity index (χ2v) is 7.57. The Balaban J connectivity index is 2.26. The maximum absolute atomic E-state index is 14.3. The molecule has 1 aliphatic rings. The van der Waals surface area contributed by atoms with E-state index in [0.29, 0.717) is 11.8 Å². The van der Waals surface area contributed by atoms with Crippen LogP contribution in [-0.4, -0.2) is 23.4 Å². The number of hydrogen-bond donors (Lipinski definition) is 1. The van der Waals surface area contributed by atoms with E-state index in [4.69, 9.17) is 4.74 Å². The highest BCUT2D eigenvalue weighted by Crippen LogP contribution is 2.59. The second kappa shape index (κ2) is 7.85. The first-order valence-corrected chi connectivity index (χ1v) is 9.14. The Bertz CT molecular complexity index is 1040. The SMILES string of the molecule is Cc1cc(=O)cc([C@@H]2O[C@@](C)(C(F)(F)F)[C@@H](C)[C@H]2c2ccc(F)c(F)c2OC(F)F)[nH]1. The first kappa shape index (κ1) is 23.1. The highest BCUT2D eigenvalue weighted by Gasteiger charge is 2.65. The minimum absolute atomic E-state index is 0.0671. The third kappa shape index (κ3) is 4.02. The molecule has 11 heteroatoms. The summed E-state index contributed by atoms with van der Waals surface area (Å²) in [5.41, 5.74) is -3.51. The minimum Gasteiger partial charge on any atom is -0.431 e. The number of pyridine rings is 1. The molecule has 0 saturated carbocycles. The molecule has 170 valence electrons. The van der Waals surface area contributed by atoms with E-state index in [9.17, 15) is 35.5 Å². The largest absolute Gasteiger partial charge is 0.431 e. The van der Waals surface area contributed by atoms with Gasteiger partial charge in [-0.05, 0) is 19.9 Å². The molecule has 0 radical (unpaired) electrons. The van der Waals surface area contributed by atoms with Crippen molar-refractivity contribution in [1.29, 1.82) is 0 Å². The molecule has 0 unspecified atom stereocenters. The Labute approximate surface area is 172 Å². The lowest BCUT2D eigenvalue weighted by atomic mass is 9.76. The minimum atomic E-state index is -4.90. The number of H-pyrrole nitrogens is 1. The van der Waals surface area contributed by atoms with Crippen molar-refractivity contribution in [2.75, 3.05) is 0 Å². The number of aromatic nitrogens is 1. The topological polar surface area (TPSA) is 51.3 Å². The van der Waals surface area contributed by atoms with Crippen LogP contribution in [0.2, 0.25) is 0 Å². The zero-order valence-corrected chi connectivity index (χ0v) is 16.5. The van der Waals surface area contributed by atoms with Crippen LogP contribution in [0.15, 0.2) is 29.1 Å². The van der Waals surface area contributed by atoms with Gasteiger partial charge in [-0.1, -0.05) is 13.0 Å². The summed E-state index contributed by atoms with van der Waals surface area (Å²) in [5, 5.41) is 0. The fourth-order valence-corrected chi connectivity index (χ4v) is 3.94. The van der Waals surface area contributed by atoms with Gasteiger partial charge >= 0.3 is 12.8 Å². The van der Waals surface area contributed by atoms with Gasteiger partial charge in [0.15, 0.2) is 22.6 Å². The summed E-state index contributed by atoms with van der Waals surface area (Å²) >= 11 is 0. The third-order valence-electron chi connectivity index (χ3n) is 5.62. The van der Waals surface area contributed by atoms with Crippen molar-refractivity contribution in [2.24, 2.45) is 5.92 Å². The molecule has 3 rings (SSSR count). The molecule has 1 saturated heterocycles. The van der Waals surface area contributed by atoms with Gasteiger partial charge < -0.3 is 14.5 Å². The lowest BCUT2D eigenvalue weighted by molar-refractivity contribution is -0.275. The average Bonchev–Trinajstić information content (AvgIpc) is 2.91. The van der Waals surface area contributed by atoms with E-state index in [2.05, 4.69) is 9.72 Å². The fraction of sp³-hybridized carbons (Fsp3) is 0.450. The third-order valence-corrected chi connectivity index (χ3v) is 5.62. The van der Waals surface area contributed by atoms with Gasteiger partial charge in [0.25, 0.3) is 0 Å². The van der Waals surface area contributed by atoms with E-state index in [1.165, 1.54) is 13.0 Å². The van der Waals surface area contributed by atoms with Crippen molar-refractivity contribution < 1.29 is 40.2 Å². The van der Waals surface area contributed by atoms with E-state index in [-0.39, 0.29) is 5.69 Å². The molecular formula is C20H18F7NO3. The van der Waals surface area contributed by atoms with Gasteiger partial charge in [-0.15, -0.1) is 0 Å². The van der Waals surface area contributed by atoms with Crippen molar-refractivity contribution >= 4 is 0 Å². The highest BCUT2D eigenvalue weighted by molar-refractivity contribution is 5.42. The Kier molecular flexibility index (Phi) is 5.85. The molecule has 4 atom stereocenters. The number of ether oxygens (including phenoxy) is 2. The second-order valence-electron chi connectivity index (χ2n) is 7.57. The molecule has 4 nitrogen and oxygen atoms in total. The van der Waals surface area contributed by atoms with E-state index in [1.54, 1.807) is 0 Å². The van der Waals surface area contributed by atoms with Crippen molar-refractivity contribution in [3.8, 4) is 5.75 Å². The summed E-state index contributed by atoms with van der Waals surface area (Å²) in [6.07, 6.45) is -6.41. The van der Waals surface area contributed by atoms with Crippen LogP contribution in [0.3, 0.4) is 0 Å². The number of aryl methyl sites for hydroxylation is 1. The average molecular weight is 453 g/mol. The lowest BCUT2D eigenvalue weighted by Crippen LogP contribution is -2.46. The first-order chi connectivity index (χ1) is 14.3. The van der Waals surface area contributed by atoms with Crippen LogP contribution in [0.1, 0.15) is 42.8 Å². The maximum Gasteiger partial charge on any atom is 0.417 e. The van der Waals surface area contributed by atoms with Crippen LogP contribution in [0, 0.1) is 24.5 Å². The Morgan fingerprint density at radius 3 is 2.39 bits per heavy atom. The molecule has 1 aliphatic heterocycles. The Morgan fingerprint density at radius 2 is 1.84 bits per heavy atom. The summed E-state index contributed by atoms with van der Waals surface area (Å²) in [6, 6.07) is 3.69. The number of halogens is 7. The summed E-state index contributed by atoms with van der Waals surface area (Å²) in [5.74, 6) is -7.34. The molecule has 0 amide bonds. The van der Waals surface area contributed by atoms with Gasteiger partial charge in [0.05, 0.1) is 0 Å². The van der Waals surface area contributed by atoms with Gasteiger partial charge in [-0.3, -0.25) is 4.79 Å². The highest BCUT2D eigenvalue weighted by atomic mass is 19.4. The number of rotatable bonds is 4. The summed E-state index contributed by atoms with van der Waals surface area (Å²) in [7, 11) is 0. The van der Waals surface area contributed by atoms with Crippen LogP contribution < -0.4 is 10.2 Å². The molecule has 2 aromatic rings. The quantitative estimate of drug-likeness (QED) is 0.633. The molecule has 2 heterocycles. The molecule has 1 fully saturated rings. The van der Waals surface area contributed by atoms with E-state index in [1.807, 2.05) is 0 Å². The van der Waals surface area contributed by atoms with Crippen LogP contribution in [-0.2, 0) is 4.74 Å². The zero-order chi connectivity index (χ0) is 23.3. The smallest absolute Gasteiger partial charge is 0.417 e. The standard InChI is InChI=1S/C20H18F7NO3/c1-8-6-10(29)7-13(28-8)17-14(9(2)19(3,31-17)20(25,26)27)11-4-5-12(21)15(22)16(11)30-18(23)24/h4-7,9,14,17-18H,1-3H3,(H,28,29)/t9-,14-,17-,19+/m0/s1. The summed E-state index contributed by atoms with van der Waals surface area (Å²) in [4.78, 5) is 14.7. The van der Waals surface area contributed by atoms with E-state index >= 15 is 0 Å². The predicted molar refractivity (Wildman–Crippen MR) is 95.0 cm³/mol. The van der Waals surface area contributed by atoms with Gasteiger partial charge in [-0.25, -0.2) is 4.39 Å². The van der Waals surface area contributed by atoms with E-state index < -0.39 is 64.7 Å².